The Morgan fingerprint density at radius 1 is 1.14 bits per heavy atom. The fourth-order valence-corrected chi connectivity index (χ4v) is 4.15. The maximum atomic E-state index is 12.7. The summed E-state index contributed by atoms with van der Waals surface area (Å²) in [6.07, 6.45) is 2.37. The van der Waals surface area contributed by atoms with Gasteiger partial charge in [0.25, 0.3) is 0 Å². The summed E-state index contributed by atoms with van der Waals surface area (Å²) in [6, 6.07) is 12.9. The number of aliphatic hydroxyl groups is 1. The van der Waals surface area contributed by atoms with E-state index in [1.165, 1.54) is 0 Å². The lowest BCUT2D eigenvalue weighted by Gasteiger charge is -2.18. The van der Waals surface area contributed by atoms with Gasteiger partial charge in [0.1, 0.15) is 17.7 Å². The van der Waals surface area contributed by atoms with Crippen LogP contribution in [0.5, 0.6) is 5.75 Å². The van der Waals surface area contributed by atoms with Gasteiger partial charge in [-0.25, -0.2) is 9.78 Å². The molecule has 1 N–H and O–H groups in total. The van der Waals surface area contributed by atoms with E-state index in [0.29, 0.717) is 29.2 Å². The van der Waals surface area contributed by atoms with Gasteiger partial charge in [-0.3, -0.25) is 0 Å². The van der Waals surface area contributed by atoms with E-state index in [1.807, 2.05) is 51.4 Å². The van der Waals surface area contributed by atoms with Gasteiger partial charge in [-0.1, -0.05) is 56.6 Å². The summed E-state index contributed by atoms with van der Waals surface area (Å²) in [4.78, 5) is 17.6. The third-order valence-electron chi connectivity index (χ3n) is 5.52. The number of carbonyl (C=O) groups is 1. The average Bonchev–Trinajstić information content (AvgIpc) is 3.17. The normalized spacial score (nSPS) is 12.6. The van der Waals surface area contributed by atoms with Crippen molar-refractivity contribution in [3.63, 3.8) is 0 Å². The first-order chi connectivity index (χ1) is 16.5. The highest BCUT2D eigenvalue weighted by Crippen LogP contribution is 2.28. The number of aliphatic hydroxyl groups excluding tert-OH is 1. The van der Waals surface area contributed by atoms with Gasteiger partial charge in [0.05, 0.1) is 22.4 Å². The van der Waals surface area contributed by atoms with E-state index in [-0.39, 0.29) is 18.1 Å². The quantitative estimate of drug-likeness (QED) is 0.367. The molecule has 0 unspecified atom stereocenters. The number of hydrogen-bond donors (Lipinski definition) is 1. The molecular formula is C28H35ClN2O4. The highest BCUT2D eigenvalue weighted by atomic mass is 35.5. The predicted octanol–water partition coefficient (Wildman–Crippen LogP) is 5.98. The molecule has 0 aliphatic heterocycles. The molecule has 0 amide bonds. The molecule has 3 aromatic rings. The minimum atomic E-state index is -0.485. The predicted molar refractivity (Wildman–Crippen MR) is 139 cm³/mol. The van der Waals surface area contributed by atoms with Crippen LogP contribution < -0.4 is 4.74 Å². The zero-order valence-corrected chi connectivity index (χ0v) is 22.1. The molecule has 3 rings (SSSR count). The Morgan fingerprint density at radius 2 is 1.83 bits per heavy atom. The number of rotatable bonds is 9. The Morgan fingerprint density at radius 3 is 2.37 bits per heavy atom. The summed E-state index contributed by atoms with van der Waals surface area (Å²) in [7, 11) is 2.01. The number of nitrogens with zero attached hydrogens (tertiary/aromatic N) is 2. The van der Waals surface area contributed by atoms with E-state index >= 15 is 0 Å². The van der Waals surface area contributed by atoms with Crippen LogP contribution >= 0.6 is 11.6 Å². The van der Waals surface area contributed by atoms with Gasteiger partial charge in [-0.05, 0) is 37.6 Å². The van der Waals surface area contributed by atoms with E-state index in [9.17, 15) is 9.90 Å². The number of aromatic nitrogens is 2. The van der Waals surface area contributed by atoms with E-state index in [1.54, 1.807) is 18.2 Å². The third-order valence-corrected chi connectivity index (χ3v) is 5.81. The lowest BCUT2D eigenvalue weighted by Crippen LogP contribution is -2.22. The Bertz CT molecular complexity index is 1150. The third kappa shape index (κ3) is 7.09. The standard InChI is InChI=1S/C28H35ClN2O4/c1-18(2)34-25-12-11-21(16-23(25)29)26(33)35-22(13-14-32)15-19-7-9-20(10-8-19)24-17-31(6)27(30-24)28(3,4)5/h7-12,16-18,22,32H,13-15H2,1-6H3/t22-/m1/s1. The average molecular weight is 499 g/mol. The van der Waals surface area contributed by atoms with E-state index in [2.05, 4.69) is 25.3 Å². The van der Waals surface area contributed by atoms with Gasteiger partial charge in [-0.15, -0.1) is 0 Å². The lowest BCUT2D eigenvalue weighted by molar-refractivity contribution is 0.0244. The molecule has 0 saturated carbocycles. The van der Waals surface area contributed by atoms with Crippen molar-refractivity contribution in [2.45, 2.75) is 65.1 Å². The second-order valence-corrected chi connectivity index (χ2v) is 10.5. The summed E-state index contributed by atoms with van der Waals surface area (Å²) in [5.41, 5.74) is 3.25. The monoisotopic (exact) mass is 498 g/mol. The maximum Gasteiger partial charge on any atom is 0.338 e. The Kier molecular flexibility index (Phi) is 8.62. The summed E-state index contributed by atoms with van der Waals surface area (Å²) in [6.45, 7) is 10.2. The minimum Gasteiger partial charge on any atom is -0.489 e. The number of esters is 1. The van der Waals surface area contributed by atoms with Gasteiger partial charge < -0.3 is 19.1 Å². The molecule has 0 fully saturated rings. The zero-order valence-electron chi connectivity index (χ0n) is 21.3. The molecule has 0 radical (unpaired) electrons. The molecule has 2 aromatic carbocycles. The van der Waals surface area contributed by atoms with Gasteiger partial charge in [0, 0.05) is 43.7 Å². The van der Waals surface area contributed by atoms with Gasteiger partial charge in [-0.2, -0.15) is 0 Å². The first-order valence-corrected chi connectivity index (χ1v) is 12.3. The molecule has 1 heterocycles. The molecule has 1 aromatic heterocycles. The first-order valence-electron chi connectivity index (χ1n) is 11.9. The smallest absolute Gasteiger partial charge is 0.338 e. The minimum absolute atomic E-state index is 0.0242. The van der Waals surface area contributed by atoms with E-state index in [0.717, 1.165) is 22.6 Å². The fraction of sp³-hybridized carbons (Fsp3) is 0.429. The highest BCUT2D eigenvalue weighted by molar-refractivity contribution is 6.32. The summed E-state index contributed by atoms with van der Waals surface area (Å²) >= 11 is 6.27. The number of imidazole rings is 1. The zero-order chi connectivity index (χ0) is 25.8. The largest absolute Gasteiger partial charge is 0.489 e. The van der Waals surface area contributed by atoms with Crippen LogP contribution in [-0.4, -0.2) is 39.4 Å². The van der Waals surface area contributed by atoms with Crippen molar-refractivity contribution in [3.05, 3.63) is 70.6 Å². The first kappa shape index (κ1) is 26.8. The summed E-state index contributed by atoms with van der Waals surface area (Å²) < 4.78 is 13.4. The van der Waals surface area contributed by atoms with Crippen molar-refractivity contribution in [3.8, 4) is 17.0 Å². The van der Waals surface area contributed by atoms with Crippen LogP contribution in [0.1, 0.15) is 62.8 Å². The second kappa shape index (κ2) is 11.3. The molecule has 6 nitrogen and oxygen atoms in total. The summed E-state index contributed by atoms with van der Waals surface area (Å²) in [5, 5.41) is 9.86. The molecule has 1 atom stereocenters. The van der Waals surface area contributed by atoms with Crippen molar-refractivity contribution in [1.29, 1.82) is 0 Å². The number of aryl methyl sites for hydroxylation is 1. The molecule has 188 valence electrons. The van der Waals surface area contributed by atoms with E-state index < -0.39 is 12.1 Å². The number of benzene rings is 2. The fourth-order valence-electron chi connectivity index (χ4n) is 3.92. The number of halogens is 1. The topological polar surface area (TPSA) is 73.6 Å². The molecule has 35 heavy (non-hydrogen) atoms. The molecule has 0 aliphatic carbocycles. The molecule has 0 bridgehead atoms. The van der Waals surface area contributed by atoms with Crippen molar-refractivity contribution >= 4 is 17.6 Å². The molecule has 7 heteroatoms. The van der Waals surface area contributed by atoms with Crippen molar-refractivity contribution in [2.75, 3.05) is 6.61 Å². The molecule has 0 aliphatic rings. The van der Waals surface area contributed by atoms with Crippen molar-refractivity contribution in [1.82, 2.24) is 9.55 Å². The van der Waals surface area contributed by atoms with Gasteiger partial charge in [0.15, 0.2) is 0 Å². The number of hydrogen-bond acceptors (Lipinski definition) is 5. The number of carbonyl (C=O) groups excluding carboxylic acids is 1. The van der Waals surface area contributed by atoms with Crippen LogP contribution in [0.3, 0.4) is 0 Å². The Balaban J connectivity index is 1.69. The van der Waals surface area contributed by atoms with Crippen LogP contribution in [0.25, 0.3) is 11.3 Å². The Labute approximate surface area is 212 Å². The molecular weight excluding hydrogens is 464 g/mol. The van der Waals surface area contributed by atoms with Crippen molar-refractivity contribution in [2.24, 2.45) is 7.05 Å². The molecule has 0 saturated heterocycles. The Hall–Kier alpha value is -2.83. The van der Waals surface area contributed by atoms with Gasteiger partial charge >= 0.3 is 5.97 Å². The van der Waals surface area contributed by atoms with Crippen LogP contribution in [-0.2, 0) is 23.6 Å². The van der Waals surface area contributed by atoms with Crippen LogP contribution in [0.4, 0.5) is 0 Å². The van der Waals surface area contributed by atoms with Crippen LogP contribution in [0.15, 0.2) is 48.7 Å². The van der Waals surface area contributed by atoms with Crippen LogP contribution in [0.2, 0.25) is 5.02 Å². The van der Waals surface area contributed by atoms with Crippen LogP contribution in [0, 0.1) is 0 Å². The number of ether oxygens (including phenoxy) is 2. The van der Waals surface area contributed by atoms with Gasteiger partial charge in [0.2, 0.25) is 0 Å². The molecule has 0 spiro atoms. The van der Waals surface area contributed by atoms with Crippen molar-refractivity contribution < 1.29 is 19.4 Å². The SMILES string of the molecule is CC(C)Oc1ccc(C(=O)O[C@H](CCO)Cc2ccc(-c3cn(C)c(C(C)(C)C)n3)cc2)cc1Cl. The van der Waals surface area contributed by atoms with E-state index in [4.69, 9.17) is 26.1 Å². The highest BCUT2D eigenvalue weighted by Gasteiger charge is 2.21. The maximum absolute atomic E-state index is 12.7. The lowest BCUT2D eigenvalue weighted by atomic mass is 9.96. The second-order valence-electron chi connectivity index (χ2n) is 10.1. The summed E-state index contributed by atoms with van der Waals surface area (Å²) in [5.74, 6) is 1.06.